The minimum absolute atomic E-state index is 0.254. The number of carbonyl (C=O) groups excluding carboxylic acids is 1. The van der Waals surface area contributed by atoms with E-state index >= 15 is 0 Å². The number of amides is 1. The third-order valence-corrected chi connectivity index (χ3v) is 6.81. The van der Waals surface area contributed by atoms with E-state index in [1.165, 1.54) is 0 Å². The Kier molecular flexibility index (Phi) is 7.42. The van der Waals surface area contributed by atoms with Gasteiger partial charge in [0.15, 0.2) is 0 Å². The SMILES string of the molecule is Cc1ccc(Oc2ccc(N(C[C@H](Nc3ccc4ccccc4c3)C(=O)NO)S(C)(=O)=O)cc2)cc1. The highest BCUT2D eigenvalue weighted by atomic mass is 32.2. The van der Waals surface area contributed by atoms with Crippen LogP contribution in [-0.2, 0) is 14.8 Å². The fourth-order valence-electron chi connectivity index (χ4n) is 3.77. The molecule has 9 heteroatoms. The van der Waals surface area contributed by atoms with Crippen molar-refractivity contribution in [1.82, 2.24) is 5.48 Å². The zero-order chi connectivity index (χ0) is 25.7. The van der Waals surface area contributed by atoms with Crippen molar-refractivity contribution >= 4 is 38.1 Å². The van der Waals surface area contributed by atoms with Crippen LogP contribution in [0.5, 0.6) is 11.5 Å². The van der Waals surface area contributed by atoms with Crippen molar-refractivity contribution in [3.63, 3.8) is 0 Å². The molecule has 3 N–H and O–H groups in total. The van der Waals surface area contributed by atoms with Gasteiger partial charge in [0.05, 0.1) is 18.5 Å². The summed E-state index contributed by atoms with van der Waals surface area (Å²) in [5, 5.41) is 14.3. The van der Waals surface area contributed by atoms with Crippen LogP contribution in [0.4, 0.5) is 11.4 Å². The second-order valence-electron chi connectivity index (χ2n) is 8.44. The molecule has 0 aliphatic rings. The number of sulfonamides is 1. The minimum Gasteiger partial charge on any atom is -0.457 e. The molecule has 0 aromatic heterocycles. The molecule has 4 aromatic carbocycles. The maximum absolute atomic E-state index is 12.7. The van der Waals surface area contributed by atoms with Gasteiger partial charge in [-0.05, 0) is 66.2 Å². The van der Waals surface area contributed by atoms with Crippen molar-refractivity contribution in [3.8, 4) is 11.5 Å². The summed E-state index contributed by atoms with van der Waals surface area (Å²) in [6.07, 6.45) is 1.06. The lowest BCUT2D eigenvalue weighted by Gasteiger charge is -2.27. The quantitative estimate of drug-likeness (QED) is 0.225. The molecule has 1 amide bonds. The molecule has 0 radical (unpaired) electrons. The molecule has 0 saturated heterocycles. The molecule has 4 rings (SSSR count). The summed E-state index contributed by atoms with van der Waals surface area (Å²) in [6, 6.07) is 26.3. The summed E-state index contributed by atoms with van der Waals surface area (Å²) in [7, 11) is -3.77. The molecule has 4 aromatic rings. The number of benzene rings is 4. The Morgan fingerprint density at radius 3 is 2.14 bits per heavy atom. The molecule has 8 nitrogen and oxygen atoms in total. The first-order valence-corrected chi connectivity index (χ1v) is 13.1. The number of nitrogens with one attached hydrogen (secondary N) is 2. The van der Waals surface area contributed by atoms with Crippen LogP contribution in [0.15, 0.2) is 91.0 Å². The summed E-state index contributed by atoms with van der Waals surface area (Å²) >= 11 is 0. The van der Waals surface area contributed by atoms with Crippen molar-refractivity contribution in [3.05, 3.63) is 96.6 Å². The molecule has 0 unspecified atom stereocenters. The largest absolute Gasteiger partial charge is 0.457 e. The van der Waals surface area contributed by atoms with Crippen LogP contribution in [0.1, 0.15) is 5.56 Å². The first kappa shape index (κ1) is 25.0. The second kappa shape index (κ2) is 10.7. The van der Waals surface area contributed by atoms with Gasteiger partial charge in [-0.25, -0.2) is 13.9 Å². The third-order valence-electron chi connectivity index (χ3n) is 5.65. The average molecular weight is 506 g/mol. The molecular formula is C27H27N3O5S. The lowest BCUT2D eigenvalue weighted by Crippen LogP contribution is -2.48. The van der Waals surface area contributed by atoms with Gasteiger partial charge in [-0.2, -0.15) is 0 Å². The first-order chi connectivity index (χ1) is 17.2. The van der Waals surface area contributed by atoms with E-state index in [1.54, 1.807) is 35.8 Å². The first-order valence-electron chi connectivity index (χ1n) is 11.2. The summed E-state index contributed by atoms with van der Waals surface area (Å²) in [5.41, 5.74) is 3.70. The Balaban J connectivity index is 1.56. The van der Waals surface area contributed by atoms with Crippen LogP contribution >= 0.6 is 0 Å². The fraction of sp³-hybridized carbons (Fsp3) is 0.148. The Morgan fingerprint density at radius 1 is 0.917 bits per heavy atom. The monoisotopic (exact) mass is 505 g/mol. The van der Waals surface area contributed by atoms with E-state index in [4.69, 9.17) is 4.74 Å². The zero-order valence-corrected chi connectivity index (χ0v) is 20.7. The van der Waals surface area contributed by atoms with Crippen molar-refractivity contribution in [2.75, 3.05) is 22.4 Å². The predicted molar refractivity (Wildman–Crippen MR) is 141 cm³/mol. The number of hydroxylamine groups is 1. The molecule has 0 bridgehead atoms. The number of aryl methyl sites for hydroxylation is 1. The maximum Gasteiger partial charge on any atom is 0.267 e. The number of fused-ring (bicyclic) bond motifs is 1. The Hall–Kier alpha value is -4.08. The number of hydrogen-bond acceptors (Lipinski definition) is 6. The third kappa shape index (κ3) is 6.12. The van der Waals surface area contributed by atoms with E-state index in [2.05, 4.69) is 5.32 Å². The molecule has 0 aliphatic heterocycles. The van der Waals surface area contributed by atoms with Crippen molar-refractivity contribution in [1.29, 1.82) is 0 Å². The molecule has 0 fully saturated rings. The van der Waals surface area contributed by atoms with Crippen LogP contribution in [0, 0.1) is 6.92 Å². The van der Waals surface area contributed by atoms with Crippen molar-refractivity contribution in [2.45, 2.75) is 13.0 Å². The number of ether oxygens (including phenoxy) is 1. The maximum atomic E-state index is 12.7. The number of carbonyl (C=O) groups is 1. The fourth-order valence-corrected chi connectivity index (χ4v) is 4.70. The lowest BCUT2D eigenvalue weighted by atomic mass is 10.1. The van der Waals surface area contributed by atoms with E-state index < -0.39 is 22.0 Å². The molecule has 0 heterocycles. The number of hydrogen-bond donors (Lipinski definition) is 3. The zero-order valence-electron chi connectivity index (χ0n) is 19.9. The molecule has 186 valence electrons. The van der Waals surface area contributed by atoms with Gasteiger partial charge in [-0.3, -0.25) is 14.3 Å². The molecular weight excluding hydrogens is 478 g/mol. The van der Waals surface area contributed by atoms with E-state index in [0.717, 1.165) is 26.9 Å². The molecule has 36 heavy (non-hydrogen) atoms. The molecule has 1 atom stereocenters. The van der Waals surface area contributed by atoms with Gasteiger partial charge in [0.2, 0.25) is 10.0 Å². The topological polar surface area (TPSA) is 108 Å². The number of rotatable bonds is 9. The number of nitrogens with zero attached hydrogens (tertiary/aromatic N) is 1. The standard InChI is InChI=1S/C27H27N3O5S/c1-19-7-13-24(14-8-19)35-25-15-11-23(12-16-25)30(36(2,33)34)18-26(27(31)29-32)28-22-10-9-20-5-3-4-6-21(20)17-22/h3-17,26,28,32H,18H2,1-2H3,(H,29,31)/t26-/m0/s1. The van der Waals surface area contributed by atoms with Crippen LogP contribution in [-0.4, -0.2) is 38.4 Å². The van der Waals surface area contributed by atoms with E-state index in [1.807, 2.05) is 67.6 Å². The van der Waals surface area contributed by atoms with Crippen molar-refractivity contribution in [2.24, 2.45) is 0 Å². The van der Waals surface area contributed by atoms with Gasteiger partial charge >= 0.3 is 0 Å². The van der Waals surface area contributed by atoms with Gasteiger partial charge in [-0.15, -0.1) is 0 Å². The van der Waals surface area contributed by atoms with Gasteiger partial charge in [0.1, 0.15) is 17.5 Å². The highest BCUT2D eigenvalue weighted by molar-refractivity contribution is 7.92. The molecule has 0 saturated carbocycles. The highest BCUT2D eigenvalue weighted by Gasteiger charge is 2.27. The molecule has 0 spiro atoms. The van der Waals surface area contributed by atoms with E-state index in [-0.39, 0.29) is 6.54 Å². The lowest BCUT2D eigenvalue weighted by molar-refractivity contribution is -0.129. The Labute approximate surface area is 210 Å². The summed E-state index contributed by atoms with van der Waals surface area (Å²) in [5.74, 6) is 0.429. The summed E-state index contributed by atoms with van der Waals surface area (Å²) in [6.45, 7) is 1.73. The van der Waals surface area contributed by atoms with E-state index in [9.17, 15) is 18.4 Å². The van der Waals surface area contributed by atoms with Crippen molar-refractivity contribution < 1.29 is 23.2 Å². The minimum atomic E-state index is -3.77. The van der Waals surface area contributed by atoms with Crippen LogP contribution in [0.25, 0.3) is 10.8 Å². The Bertz CT molecular complexity index is 1460. The second-order valence-corrected chi connectivity index (χ2v) is 10.3. The van der Waals surface area contributed by atoms with Crippen LogP contribution in [0.2, 0.25) is 0 Å². The Morgan fingerprint density at radius 2 is 1.53 bits per heavy atom. The van der Waals surface area contributed by atoms with E-state index in [0.29, 0.717) is 22.9 Å². The summed E-state index contributed by atoms with van der Waals surface area (Å²) in [4.78, 5) is 12.5. The van der Waals surface area contributed by atoms with Gasteiger partial charge in [0, 0.05) is 5.69 Å². The van der Waals surface area contributed by atoms with Gasteiger partial charge < -0.3 is 10.1 Å². The summed E-state index contributed by atoms with van der Waals surface area (Å²) < 4.78 is 32.3. The van der Waals surface area contributed by atoms with Gasteiger partial charge in [0.25, 0.3) is 5.91 Å². The highest BCUT2D eigenvalue weighted by Crippen LogP contribution is 2.27. The molecule has 0 aliphatic carbocycles. The van der Waals surface area contributed by atoms with Crippen LogP contribution in [0.3, 0.4) is 0 Å². The predicted octanol–water partition coefficient (Wildman–Crippen LogP) is 4.69. The normalized spacial score (nSPS) is 12.1. The number of anilines is 2. The smallest absolute Gasteiger partial charge is 0.267 e. The van der Waals surface area contributed by atoms with Gasteiger partial charge in [-0.1, -0.05) is 48.0 Å². The van der Waals surface area contributed by atoms with Crippen LogP contribution < -0.4 is 19.8 Å². The average Bonchev–Trinajstić information content (AvgIpc) is 2.87.